The molecule has 8 N–H and O–H groups in total. The molecule has 1 fully saturated rings. The van der Waals surface area contributed by atoms with E-state index in [2.05, 4.69) is 0 Å². The molecule has 1 aliphatic rings. The molecule has 0 aliphatic heterocycles. The molecule has 0 saturated heterocycles. The fourth-order valence-electron chi connectivity index (χ4n) is 6.45. The second kappa shape index (κ2) is 9.04. The Labute approximate surface area is 220 Å². The number of carbonyl (C=O) groups is 8. The summed E-state index contributed by atoms with van der Waals surface area (Å²) in [5, 5.41) is 81.0. The van der Waals surface area contributed by atoms with Crippen molar-refractivity contribution < 1.29 is 79.2 Å². The Morgan fingerprint density at radius 2 is 1.15 bits per heavy atom. The Bertz CT molecular complexity index is 1510. The number of benzene rings is 2. The lowest BCUT2D eigenvalue weighted by Crippen LogP contribution is -2.91. The summed E-state index contributed by atoms with van der Waals surface area (Å²) in [5.74, 6) is -26.0. The molecule has 0 amide bonds. The standard InChI is InChI=1S/C24H18O16/c25-12(26)8-21(15(29)30,11-7-3-5-9-4-1-2-6-10(9)11)23(18(35)36)13(14(27)28)22(16(31)32,17(33)34)24(23,19(37)38)20(39)40/h1-7,13H,8H2,(H,25,26)(H,27,28)(H,29,30)(H,31,32)(H,33,34)(H,35,36)(H,37,38)(H,39,40). The zero-order chi connectivity index (χ0) is 30.6. The predicted octanol–water partition coefficient (Wildman–Crippen LogP) is -0.266. The van der Waals surface area contributed by atoms with Crippen LogP contribution in [0.3, 0.4) is 0 Å². The molecule has 3 atom stereocenters. The summed E-state index contributed by atoms with van der Waals surface area (Å²) in [6, 6.07) is 8.22. The van der Waals surface area contributed by atoms with Gasteiger partial charge in [-0.25, -0.2) is 0 Å². The molecule has 3 unspecified atom stereocenters. The molecule has 2 aromatic carbocycles. The molecule has 210 valence electrons. The van der Waals surface area contributed by atoms with Crippen LogP contribution in [0.25, 0.3) is 10.8 Å². The highest BCUT2D eigenvalue weighted by molar-refractivity contribution is 6.24. The summed E-state index contributed by atoms with van der Waals surface area (Å²) >= 11 is 0. The van der Waals surface area contributed by atoms with Crippen LogP contribution in [0.15, 0.2) is 42.5 Å². The van der Waals surface area contributed by atoms with Crippen molar-refractivity contribution in [3.8, 4) is 0 Å². The minimum absolute atomic E-state index is 0.0710. The molecular weight excluding hydrogens is 544 g/mol. The average Bonchev–Trinajstić information content (AvgIpc) is 2.80. The Balaban J connectivity index is 2.88. The summed E-state index contributed by atoms with van der Waals surface area (Å²) in [6.07, 6.45) is -2.01. The molecule has 0 aromatic heterocycles. The molecular formula is C24H18O16. The van der Waals surface area contributed by atoms with Gasteiger partial charge >= 0.3 is 47.8 Å². The van der Waals surface area contributed by atoms with Crippen LogP contribution in [-0.2, 0) is 43.8 Å². The summed E-state index contributed by atoms with van der Waals surface area (Å²) in [6.45, 7) is 0. The fourth-order valence-corrected chi connectivity index (χ4v) is 6.45. The average molecular weight is 562 g/mol. The van der Waals surface area contributed by atoms with E-state index in [4.69, 9.17) is 0 Å². The molecule has 0 bridgehead atoms. The summed E-state index contributed by atoms with van der Waals surface area (Å²) in [4.78, 5) is 102. The number of aliphatic carboxylic acids is 8. The van der Waals surface area contributed by atoms with Crippen molar-refractivity contribution in [3.05, 3.63) is 48.0 Å². The zero-order valence-electron chi connectivity index (χ0n) is 19.7. The zero-order valence-corrected chi connectivity index (χ0v) is 19.7. The van der Waals surface area contributed by atoms with Crippen molar-refractivity contribution in [2.24, 2.45) is 22.2 Å². The first-order chi connectivity index (χ1) is 18.5. The van der Waals surface area contributed by atoms with Crippen molar-refractivity contribution in [1.82, 2.24) is 0 Å². The van der Waals surface area contributed by atoms with Crippen LogP contribution in [0, 0.1) is 22.2 Å². The van der Waals surface area contributed by atoms with Gasteiger partial charge in [0.25, 0.3) is 0 Å². The Hall–Kier alpha value is -5.54. The maximum absolute atomic E-state index is 13.2. The van der Waals surface area contributed by atoms with Gasteiger partial charge in [-0.3, -0.25) is 38.4 Å². The number of hydrogen-bond donors (Lipinski definition) is 8. The van der Waals surface area contributed by atoms with Gasteiger partial charge in [0.2, 0.25) is 10.8 Å². The van der Waals surface area contributed by atoms with E-state index in [1.165, 1.54) is 24.3 Å². The van der Waals surface area contributed by atoms with Gasteiger partial charge in [-0.05, 0) is 16.3 Å². The smallest absolute Gasteiger partial charge is 0.324 e. The quantitative estimate of drug-likeness (QED) is 0.163. The van der Waals surface area contributed by atoms with Gasteiger partial charge in [0.1, 0.15) is 16.7 Å². The molecule has 16 nitrogen and oxygen atoms in total. The minimum Gasteiger partial charge on any atom is -0.481 e. The first-order valence-corrected chi connectivity index (χ1v) is 10.8. The molecule has 16 heteroatoms. The summed E-state index contributed by atoms with van der Waals surface area (Å²) < 4.78 is 0. The lowest BCUT2D eigenvalue weighted by atomic mass is 9.24. The summed E-state index contributed by atoms with van der Waals surface area (Å²) in [7, 11) is 0. The van der Waals surface area contributed by atoms with E-state index < -0.39 is 87.3 Å². The van der Waals surface area contributed by atoms with Crippen LogP contribution in [0.1, 0.15) is 12.0 Å². The number of carboxylic acids is 8. The Morgan fingerprint density at radius 3 is 1.55 bits per heavy atom. The van der Waals surface area contributed by atoms with Gasteiger partial charge < -0.3 is 40.9 Å². The topological polar surface area (TPSA) is 298 Å². The second-order valence-corrected chi connectivity index (χ2v) is 8.97. The third kappa shape index (κ3) is 2.89. The minimum atomic E-state index is -4.81. The molecule has 40 heavy (non-hydrogen) atoms. The van der Waals surface area contributed by atoms with E-state index in [9.17, 15) is 79.2 Å². The largest absolute Gasteiger partial charge is 0.481 e. The van der Waals surface area contributed by atoms with Crippen molar-refractivity contribution in [3.63, 3.8) is 0 Å². The van der Waals surface area contributed by atoms with Gasteiger partial charge in [0, 0.05) is 0 Å². The number of carboxylic acid groups (broad SMARTS) is 8. The van der Waals surface area contributed by atoms with E-state index in [0.717, 1.165) is 18.2 Å². The van der Waals surface area contributed by atoms with Crippen LogP contribution in [-0.4, -0.2) is 88.6 Å². The lowest BCUT2D eigenvalue weighted by Gasteiger charge is -2.67. The van der Waals surface area contributed by atoms with Crippen LogP contribution in [0.2, 0.25) is 0 Å². The molecule has 0 radical (unpaired) electrons. The Kier molecular flexibility index (Phi) is 6.56. The maximum Gasteiger partial charge on any atom is 0.324 e. The highest BCUT2D eigenvalue weighted by atomic mass is 16.4. The van der Waals surface area contributed by atoms with Gasteiger partial charge in [-0.1, -0.05) is 42.5 Å². The number of rotatable bonds is 11. The van der Waals surface area contributed by atoms with Crippen LogP contribution < -0.4 is 0 Å². The van der Waals surface area contributed by atoms with Crippen LogP contribution in [0.4, 0.5) is 0 Å². The van der Waals surface area contributed by atoms with Crippen molar-refractivity contribution >= 4 is 58.5 Å². The maximum atomic E-state index is 13.2. The molecule has 1 aliphatic carbocycles. The molecule has 0 heterocycles. The molecule has 0 spiro atoms. The van der Waals surface area contributed by atoms with Crippen molar-refractivity contribution in [2.75, 3.05) is 0 Å². The second-order valence-electron chi connectivity index (χ2n) is 8.97. The van der Waals surface area contributed by atoms with E-state index in [1.54, 1.807) is 0 Å². The Morgan fingerprint density at radius 1 is 0.650 bits per heavy atom. The molecule has 3 rings (SSSR count). The lowest BCUT2D eigenvalue weighted by molar-refractivity contribution is -0.287. The predicted molar refractivity (Wildman–Crippen MR) is 122 cm³/mol. The SMILES string of the molecule is O=C(O)CC(C(=O)O)(c1cccc2ccccc12)C1(C(=O)O)C(C(=O)O)C(C(=O)O)(C(=O)O)C1(C(=O)O)C(=O)O. The molecule has 1 saturated carbocycles. The third-order valence-electron chi connectivity index (χ3n) is 7.65. The van der Waals surface area contributed by atoms with Crippen LogP contribution in [0.5, 0.6) is 0 Å². The van der Waals surface area contributed by atoms with Crippen molar-refractivity contribution in [2.45, 2.75) is 11.8 Å². The van der Waals surface area contributed by atoms with E-state index >= 15 is 0 Å². The normalized spacial score (nSPS) is 22.1. The molecule has 2 aromatic rings. The third-order valence-corrected chi connectivity index (χ3v) is 7.65. The van der Waals surface area contributed by atoms with E-state index in [-0.39, 0.29) is 10.8 Å². The highest BCUT2D eigenvalue weighted by Gasteiger charge is 3.02. The fraction of sp³-hybridized carbons (Fsp3) is 0.250. The van der Waals surface area contributed by atoms with E-state index in [0.29, 0.717) is 0 Å². The van der Waals surface area contributed by atoms with Crippen molar-refractivity contribution in [1.29, 1.82) is 0 Å². The van der Waals surface area contributed by atoms with Gasteiger partial charge in [-0.2, -0.15) is 0 Å². The van der Waals surface area contributed by atoms with Gasteiger partial charge in [-0.15, -0.1) is 0 Å². The first kappa shape index (κ1) is 29.0. The highest BCUT2D eigenvalue weighted by Crippen LogP contribution is 2.79. The van der Waals surface area contributed by atoms with Gasteiger partial charge in [0.15, 0.2) is 0 Å². The number of fused-ring (bicyclic) bond motifs is 1. The first-order valence-electron chi connectivity index (χ1n) is 10.8. The number of hydrogen-bond acceptors (Lipinski definition) is 8. The summed E-state index contributed by atoms with van der Waals surface area (Å²) in [5.41, 5.74) is -18.7. The van der Waals surface area contributed by atoms with Crippen LogP contribution >= 0.6 is 0 Å². The van der Waals surface area contributed by atoms with Gasteiger partial charge in [0.05, 0.1) is 6.42 Å². The van der Waals surface area contributed by atoms with E-state index in [1.807, 2.05) is 0 Å². The monoisotopic (exact) mass is 562 g/mol.